The Kier molecular flexibility index (Phi) is 6.35. The lowest BCUT2D eigenvalue weighted by Gasteiger charge is -2.14. The number of amides is 2. The van der Waals surface area contributed by atoms with Gasteiger partial charge >= 0.3 is 12.0 Å². The number of hydrogen-bond donors (Lipinski definition) is 3. The molecule has 0 aliphatic heterocycles. The van der Waals surface area contributed by atoms with Crippen molar-refractivity contribution in [2.75, 3.05) is 0 Å². The minimum atomic E-state index is -0.990. The summed E-state index contributed by atoms with van der Waals surface area (Å²) in [5, 5.41) is 18.2. The summed E-state index contributed by atoms with van der Waals surface area (Å²) < 4.78 is 0. The van der Waals surface area contributed by atoms with Gasteiger partial charge < -0.3 is 15.7 Å². The van der Waals surface area contributed by atoms with Crippen molar-refractivity contribution in [3.63, 3.8) is 0 Å². The molecule has 1 rings (SSSR count). The quantitative estimate of drug-likeness (QED) is 0.720. The first-order chi connectivity index (χ1) is 9.04. The maximum absolute atomic E-state index is 11.6. The highest BCUT2D eigenvalue weighted by atomic mass is 32.1. The van der Waals surface area contributed by atoms with Crippen LogP contribution in [0.5, 0.6) is 0 Å². The highest BCUT2D eigenvalue weighted by Gasteiger charge is 2.18. The first kappa shape index (κ1) is 15.5. The van der Waals surface area contributed by atoms with Gasteiger partial charge in [-0.15, -0.1) is 0 Å². The summed E-state index contributed by atoms with van der Waals surface area (Å²) in [4.78, 5) is 22.6. The molecule has 0 saturated carbocycles. The molecule has 1 aromatic heterocycles. The summed E-state index contributed by atoms with van der Waals surface area (Å²) in [5.41, 5.74) is 2.19. The van der Waals surface area contributed by atoms with E-state index in [4.69, 9.17) is 5.11 Å². The number of aliphatic carboxylic acids is 1. The van der Waals surface area contributed by atoms with E-state index in [-0.39, 0.29) is 0 Å². The summed E-state index contributed by atoms with van der Waals surface area (Å²) in [6, 6.07) is -1.25. The Morgan fingerprint density at radius 3 is 2.68 bits per heavy atom. The third-order valence-electron chi connectivity index (χ3n) is 2.85. The summed E-state index contributed by atoms with van der Waals surface area (Å²) >= 11 is 1.58. The van der Waals surface area contributed by atoms with Crippen molar-refractivity contribution >= 4 is 23.3 Å². The molecule has 1 aromatic rings. The van der Waals surface area contributed by atoms with Gasteiger partial charge in [0.25, 0.3) is 0 Å². The lowest BCUT2D eigenvalue weighted by atomic mass is 10.1. The predicted molar refractivity (Wildman–Crippen MR) is 75.4 cm³/mol. The van der Waals surface area contributed by atoms with Crippen molar-refractivity contribution in [1.29, 1.82) is 0 Å². The van der Waals surface area contributed by atoms with E-state index in [2.05, 4.69) is 10.6 Å². The zero-order valence-electron chi connectivity index (χ0n) is 11.2. The fourth-order valence-corrected chi connectivity index (χ4v) is 2.48. The summed E-state index contributed by atoms with van der Waals surface area (Å²) in [7, 11) is 0. The second-order valence-corrected chi connectivity index (χ2v) is 5.18. The van der Waals surface area contributed by atoms with E-state index in [0.29, 0.717) is 13.0 Å². The molecule has 0 bridgehead atoms. The second kappa shape index (κ2) is 7.78. The topological polar surface area (TPSA) is 78.4 Å². The minimum Gasteiger partial charge on any atom is -0.480 e. The van der Waals surface area contributed by atoms with Gasteiger partial charge in [0.05, 0.1) is 0 Å². The number of carbonyl (C=O) groups is 2. The van der Waals surface area contributed by atoms with Crippen molar-refractivity contribution in [1.82, 2.24) is 10.6 Å². The van der Waals surface area contributed by atoms with E-state index >= 15 is 0 Å². The standard InChI is InChI=1S/C13H20N2O3S/c1-3-4-5-11(12(16)17)15-13(18)14-6-10-8-19-7-9(10)2/h7-8,11H,3-6H2,1-2H3,(H,16,17)(H2,14,15,18). The zero-order valence-corrected chi connectivity index (χ0v) is 12.0. The van der Waals surface area contributed by atoms with Gasteiger partial charge in [-0.3, -0.25) is 0 Å². The molecule has 5 nitrogen and oxygen atoms in total. The normalized spacial score (nSPS) is 11.9. The molecule has 0 spiro atoms. The molecule has 1 atom stereocenters. The van der Waals surface area contributed by atoms with Crippen LogP contribution in [-0.4, -0.2) is 23.1 Å². The first-order valence-electron chi connectivity index (χ1n) is 6.33. The van der Waals surface area contributed by atoms with Gasteiger partial charge in [0, 0.05) is 6.54 Å². The van der Waals surface area contributed by atoms with Crippen LogP contribution in [0.25, 0.3) is 0 Å². The summed E-state index contributed by atoms with van der Waals surface area (Å²) in [6.07, 6.45) is 2.14. The molecule has 0 saturated heterocycles. The Hall–Kier alpha value is -1.56. The van der Waals surface area contributed by atoms with Crippen molar-refractivity contribution in [3.05, 3.63) is 21.9 Å². The Labute approximate surface area is 117 Å². The number of carbonyl (C=O) groups excluding carboxylic acids is 1. The number of carboxylic acid groups (broad SMARTS) is 1. The summed E-state index contributed by atoms with van der Waals surface area (Å²) in [6.45, 7) is 4.38. The van der Waals surface area contributed by atoms with Crippen LogP contribution >= 0.6 is 11.3 Å². The van der Waals surface area contributed by atoms with E-state index in [1.54, 1.807) is 11.3 Å². The average Bonchev–Trinajstić information content (AvgIpc) is 2.77. The Morgan fingerprint density at radius 2 is 2.16 bits per heavy atom. The highest BCUT2D eigenvalue weighted by Crippen LogP contribution is 2.12. The molecule has 0 aliphatic rings. The number of thiophene rings is 1. The van der Waals surface area contributed by atoms with Gasteiger partial charge in [0.2, 0.25) is 0 Å². The van der Waals surface area contributed by atoms with E-state index in [9.17, 15) is 9.59 Å². The van der Waals surface area contributed by atoms with E-state index in [0.717, 1.165) is 24.0 Å². The van der Waals surface area contributed by atoms with Gasteiger partial charge in [-0.1, -0.05) is 19.8 Å². The second-order valence-electron chi connectivity index (χ2n) is 4.44. The smallest absolute Gasteiger partial charge is 0.326 e. The van der Waals surface area contributed by atoms with Gasteiger partial charge in [0.1, 0.15) is 6.04 Å². The third kappa shape index (κ3) is 5.30. The van der Waals surface area contributed by atoms with Crippen LogP contribution in [0.3, 0.4) is 0 Å². The maximum Gasteiger partial charge on any atom is 0.326 e. The van der Waals surface area contributed by atoms with Gasteiger partial charge in [0.15, 0.2) is 0 Å². The van der Waals surface area contributed by atoms with E-state index in [1.165, 1.54) is 0 Å². The number of hydrogen-bond acceptors (Lipinski definition) is 3. The van der Waals surface area contributed by atoms with Crippen LogP contribution < -0.4 is 10.6 Å². The molecule has 0 aromatic carbocycles. The number of carboxylic acids is 1. The fraction of sp³-hybridized carbons (Fsp3) is 0.538. The highest BCUT2D eigenvalue weighted by molar-refractivity contribution is 7.08. The molecule has 1 heterocycles. The van der Waals surface area contributed by atoms with Gasteiger partial charge in [-0.05, 0) is 35.2 Å². The van der Waals surface area contributed by atoms with Gasteiger partial charge in [-0.25, -0.2) is 9.59 Å². The molecule has 2 amide bonds. The lowest BCUT2D eigenvalue weighted by Crippen LogP contribution is -2.45. The fourth-order valence-electron chi connectivity index (χ4n) is 1.62. The Morgan fingerprint density at radius 1 is 1.42 bits per heavy atom. The average molecular weight is 284 g/mol. The number of unbranched alkanes of at least 4 members (excludes halogenated alkanes) is 1. The van der Waals surface area contributed by atoms with Crippen molar-refractivity contribution in [2.24, 2.45) is 0 Å². The van der Waals surface area contributed by atoms with Crippen LogP contribution in [-0.2, 0) is 11.3 Å². The maximum atomic E-state index is 11.6. The molecule has 3 N–H and O–H groups in total. The minimum absolute atomic E-state index is 0.418. The molecule has 6 heteroatoms. The van der Waals surface area contributed by atoms with Crippen LogP contribution in [0.4, 0.5) is 4.79 Å². The Balaban J connectivity index is 2.40. The van der Waals surface area contributed by atoms with E-state index < -0.39 is 18.0 Å². The van der Waals surface area contributed by atoms with Crippen LogP contribution in [0.15, 0.2) is 10.8 Å². The monoisotopic (exact) mass is 284 g/mol. The van der Waals surface area contributed by atoms with Crippen LogP contribution in [0, 0.1) is 6.92 Å². The largest absolute Gasteiger partial charge is 0.480 e. The molecule has 19 heavy (non-hydrogen) atoms. The zero-order chi connectivity index (χ0) is 14.3. The van der Waals surface area contributed by atoms with Gasteiger partial charge in [-0.2, -0.15) is 11.3 Å². The molecule has 106 valence electrons. The van der Waals surface area contributed by atoms with Crippen LogP contribution in [0.1, 0.15) is 37.3 Å². The van der Waals surface area contributed by atoms with Crippen LogP contribution in [0.2, 0.25) is 0 Å². The molecular weight excluding hydrogens is 264 g/mol. The molecule has 0 radical (unpaired) electrons. The first-order valence-corrected chi connectivity index (χ1v) is 7.27. The van der Waals surface area contributed by atoms with Crippen molar-refractivity contribution < 1.29 is 14.7 Å². The molecular formula is C13H20N2O3S. The predicted octanol–water partition coefficient (Wildman–Crippen LogP) is 2.50. The SMILES string of the molecule is CCCCC(NC(=O)NCc1cscc1C)C(=O)O. The third-order valence-corrected chi connectivity index (χ3v) is 3.76. The van der Waals surface area contributed by atoms with E-state index in [1.807, 2.05) is 24.6 Å². The Bertz CT molecular complexity index is 431. The lowest BCUT2D eigenvalue weighted by molar-refractivity contribution is -0.139. The van der Waals surface area contributed by atoms with Crippen molar-refractivity contribution in [3.8, 4) is 0 Å². The molecule has 0 aliphatic carbocycles. The van der Waals surface area contributed by atoms with Crippen molar-refractivity contribution in [2.45, 2.75) is 45.7 Å². The molecule has 0 fully saturated rings. The number of nitrogens with one attached hydrogen (secondary N) is 2. The number of urea groups is 1. The number of rotatable bonds is 7. The number of aryl methyl sites for hydroxylation is 1. The summed E-state index contributed by atoms with van der Waals surface area (Å²) in [5.74, 6) is -0.990. The molecule has 1 unspecified atom stereocenters.